The van der Waals surface area contributed by atoms with Crippen molar-refractivity contribution in [3.8, 4) is 0 Å². The van der Waals surface area contributed by atoms with Crippen LogP contribution in [0.15, 0.2) is 27.8 Å². The van der Waals surface area contributed by atoms with Crippen LogP contribution in [0.4, 0.5) is 4.79 Å². The average Bonchev–Trinajstić information content (AvgIpc) is 3.24. The van der Waals surface area contributed by atoms with E-state index < -0.39 is 0 Å². The SMILES string of the molecule is CCOC(=O)N1CCC(NC(N)=NCC(c2ccco2)N2CCCCC2)CC1. The molecule has 8 nitrogen and oxygen atoms in total. The van der Waals surface area contributed by atoms with Crippen LogP contribution in [0.3, 0.4) is 0 Å². The Morgan fingerprint density at radius 1 is 1.32 bits per heavy atom. The fourth-order valence-electron chi connectivity index (χ4n) is 3.96. The molecule has 3 rings (SSSR count). The molecule has 1 amide bonds. The van der Waals surface area contributed by atoms with Gasteiger partial charge in [0.15, 0.2) is 5.96 Å². The lowest BCUT2D eigenvalue weighted by Crippen LogP contribution is -2.48. The molecule has 0 radical (unpaired) electrons. The number of furan rings is 1. The van der Waals surface area contributed by atoms with Crippen molar-refractivity contribution < 1.29 is 13.9 Å². The highest BCUT2D eigenvalue weighted by Crippen LogP contribution is 2.25. The molecule has 1 aromatic rings. The Morgan fingerprint density at radius 2 is 2.07 bits per heavy atom. The minimum atomic E-state index is -0.231. The largest absolute Gasteiger partial charge is 0.468 e. The molecule has 28 heavy (non-hydrogen) atoms. The van der Waals surface area contributed by atoms with Crippen LogP contribution < -0.4 is 11.1 Å². The third kappa shape index (κ3) is 5.64. The van der Waals surface area contributed by atoms with E-state index in [4.69, 9.17) is 14.9 Å². The molecule has 8 heteroatoms. The standard InChI is InChI=1S/C20H33N5O3/c1-2-27-20(26)25-12-8-16(9-13-25)23-19(21)22-15-17(18-7-6-14-28-18)24-10-4-3-5-11-24/h6-7,14,16-17H,2-5,8-13,15H2,1H3,(H3,21,22,23). The molecule has 0 aliphatic carbocycles. The van der Waals surface area contributed by atoms with Crippen LogP contribution in [0.2, 0.25) is 0 Å². The number of likely N-dealkylation sites (tertiary alicyclic amines) is 2. The molecule has 1 unspecified atom stereocenters. The molecule has 0 saturated carbocycles. The van der Waals surface area contributed by atoms with Crippen LogP contribution in [-0.4, -0.2) is 67.2 Å². The number of amides is 1. The monoisotopic (exact) mass is 391 g/mol. The normalized spacial score (nSPS) is 20.8. The maximum absolute atomic E-state index is 11.8. The molecule has 156 valence electrons. The molecular weight excluding hydrogens is 358 g/mol. The van der Waals surface area contributed by atoms with E-state index in [-0.39, 0.29) is 18.2 Å². The lowest BCUT2D eigenvalue weighted by Gasteiger charge is -2.33. The smallest absolute Gasteiger partial charge is 0.409 e. The summed E-state index contributed by atoms with van der Waals surface area (Å²) < 4.78 is 10.7. The van der Waals surface area contributed by atoms with E-state index in [1.54, 1.807) is 11.2 Å². The summed E-state index contributed by atoms with van der Waals surface area (Å²) in [5.74, 6) is 1.41. The number of ether oxygens (including phenoxy) is 1. The molecule has 2 aliphatic rings. The Labute approximate surface area is 167 Å². The zero-order valence-electron chi connectivity index (χ0n) is 16.8. The van der Waals surface area contributed by atoms with E-state index >= 15 is 0 Å². The molecular formula is C20H33N5O3. The maximum atomic E-state index is 11.8. The van der Waals surface area contributed by atoms with Gasteiger partial charge in [0.2, 0.25) is 0 Å². The van der Waals surface area contributed by atoms with Crippen molar-refractivity contribution in [2.24, 2.45) is 10.7 Å². The predicted molar refractivity (Wildman–Crippen MR) is 108 cm³/mol. The van der Waals surface area contributed by atoms with Crippen LogP contribution in [0.1, 0.15) is 50.8 Å². The molecule has 0 spiro atoms. The minimum Gasteiger partial charge on any atom is -0.468 e. The van der Waals surface area contributed by atoms with Crippen molar-refractivity contribution in [3.63, 3.8) is 0 Å². The van der Waals surface area contributed by atoms with Gasteiger partial charge in [-0.05, 0) is 57.8 Å². The molecule has 1 aromatic heterocycles. The number of nitrogens with two attached hydrogens (primary N) is 1. The summed E-state index contributed by atoms with van der Waals surface area (Å²) in [6.07, 6.45) is 6.88. The van der Waals surface area contributed by atoms with E-state index in [1.807, 2.05) is 19.1 Å². The second-order valence-corrected chi connectivity index (χ2v) is 7.46. The van der Waals surface area contributed by atoms with Crippen molar-refractivity contribution in [2.75, 3.05) is 39.3 Å². The third-order valence-corrected chi connectivity index (χ3v) is 5.51. The van der Waals surface area contributed by atoms with Gasteiger partial charge in [-0.1, -0.05) is 6.42 Å². The summed E-state index contributed by atoms with van der Waals surface area (Å²) in [7, 11) is 0. The first-order valence-electron chi connectivity index (χ1n) is 10.4. The van der Waals surface area contributed by atoms with Crippen molar-refractivity contribution in [3.05, 3.63) is 24.2 Å². The Bertz CT molecular complexity index is 620. The number of carbonyl (C=O) groups is 1. The van der Waals surface area contributed by atoms with Crippen LogP contribution in [0.25, 0.3) is 0 Å². The van der Waals surface area contributed by atoms with E-state index in [0.717, 1.165) is 31.7 Å². The zero-order valence-corrected chi connectivity index (χ0v) is 16.8. The van der Waals surface area contributed by atoms with Gasteiger partial charge in [0.25, 0.3) is 0 Å². The topological polar surface area (TPSA) is 96.3 Å². The summed E-state index contributed by atoms with van der Waals surface area (Å²) in [6, 6.07) is 4.30. The van der Waals surface area contributed by atoms with Gasteiger partial charge in [0.1, 0.15) is 5.76 Å². The van der Waals surface area contributed by atoms with Gasteiger partial charge in [-0.2, -0.15) is 0 Å². The van der Waals surface area contributed by atoms with Crippen LogP contribution in [-0.2, 0) is 4.74 Å². The second-order valence-electron chi connectivity index (χ2n) is 7.46. The highest BCUT2D eigenvalue weighted by atomic mass is 16.6. The number of rotatable bonds is 6. The average molecular weight is 392 g/mol. The van der Waals surface area contributed by atoms with Crippen molar-refractivity contribution in [1.29, 1.82) is 0 Å². The number of guanidine groups is 1. The highest BCUT2D eigenvalue weighted by molar-refractivity contribution is 5.78. The second kappa shape index (κ2) is 10.4. The summed E-state index contributed by atoms with van der Waals surface area (Å²) in [4.78, 5) is 20.6. The Hall–Kier alpha value is -2.22. The van der Waals surface area contributed by atoms with Gasteiger partial charge >= 0.3 is 6.09 Å². The van der Waals surface area contributed by atoms with Gasteiger partial charge in [0, 0.05) is 19.1 Å². The van der Waals surface area contributed by atoms with Crippen molar-refractivity contribution in [1.82, 2.24) is 15.1 Å². The minimum absolute atomic E-state index is 0.126. The van der Waals surface area contributed by atoms with Crippen LogP contribution in [0.5, 0.6) is 0 Å². The lowest BCUT2D eigenvalue weighted by molar-refractivity contribution is 0.0963. The Balaban J connectivity index is 1.50. The molecule has 2 fully saturated rings. The van der Waals surface area contributed by atoms with Gasteiger partial charge in [-0.15, -0.1) is 0 Å². The Kier molecular flexibility index (Phi) is 7.59. The summed E-state index contributed by atoms with van der Waals surface area (Å²) in [5, 5.41) is 3.31. The fraction of sp³-hybridized carbons (Fsp3) is 0.700. The first-order chi connectivity index (χ1) is 13.7. The van der Waals surface area contributed by atoms with Crippen molar-refractivity contribution in [2.45, 2.75) is 51.1 Å². The van der Waals surface area contributed by atoms with Gasteiger partial charge in [-0.3, -0.25) is 9.89 Å². The zero-order chi connectivity index (χ0) is 19.8. The molecule has 3 heterocycles. The summed E-state index contributed by atoms with van der Waals surface area (Å²) in [5.41, 5.74) is 6.16. The third-order valence-electron chi connectivity index (χ3n) is 5.51. The molecule has 0 aromatic carbocycles. The molecule has 1 atom stereocenters. The number of nitrogens with one attached hydrogen (secondary N) is 1. The Morgan fingerprint density at radius 3 is 2.71 bits per heavy atom. The maximum Gasteiger partial charge on any atom is 0.409 e. The number of hydrogen-bond donors (Lipinski definition) is 2. The van der Waals surface area contributed by atoms with Crippen LogP contribution >= 0.6 is 0 Å². The van der Waals surface area contributed by atoms with Gasteiger partial charge in [-0.25, -0.2) is 4.79 Å². The van der Waals surface area contributed by atoms with Crippen molar-refractivity contribution >= 4 is 12.1 Å². The van der Waals surface area contributed by atoms with Gasteiger partial charge < -0.3 is 25.1 Å². The van der Waals surface area contributed by atoms with Crippen LogP contribution in [0, 0.1) is 0 Å². The lowest BCUT2D eigenvalue weighted by atomic mass is 10.1. The first kappa shape index (κ1) is 20.5. The van der Waals surface area contributed by atoms with E-state index in [9.17, 15) is 4.79 Å². The number of aliphatic imine (C=N–C) groups is 1. The molecule has 2 aliphatic heterocycles. The molecule has 0 bridgehead atoms. The highest BCUT2D eigenvalue weighted by Gasteiger charge is 2.26. The molecule has 2 saturated heterocycles. The number of piperidine rings is 2. The molecule has 3 N–H and O–H groups in total. The predicted octanol–water partition coefficient (Wildman–Crippen LogP) is 2.33. The first-order valence-corrected chi connectivity index (χ1v) is 10.4. The number of carbonyl (C=O) groups excluding carboxylic acids is 1. The van der Waals surface area contributed by atoms with E-state index in [0.29, 0.717) is 32.2 Å². The fourth-order valence-corrected chi connectivity index (χ4v) is 3.96. The van der Waals surface area contributed by atoms with E-state index in [1.165, 1.54) is 19.3 Å². The number of hydrogen-bond acceptors (Lipinski definition) is 5. The summed E-state index contributed by atoms with van der Waals surface area (Å²) >= 11 is 0. The van der Waals surface area contributed by atoms with Gasteiger partial charge in [0.05, 0.1) is 25.5 Å². The van der Waals surface area contributed by atoms with E-state index in [2.05, 4.69) is 15.2 Å². The summed E-state index contributed by atoms with van der Waals surface area (Å²) in [6.45, 7) is 6.29. The quantitative estimate of drug-likeness (QED) is 0.571. The number of nitrogens with zero attached hydrogens (tertiary/aromatic N) is 3.